The van der Waals surface area contributed by atoms with Crippen molar-refractivity contribution in [2.75, 3.05) is 43.9 Å². The van der Waals surface area contributed by atoms with Crippen LogP contribution in [0.2, 0.25) is 0 Å². The van der Waals surface area contributed by atoms with E-state index in [-0.39, 0.29) is 82.5 Å². The number of thiophene rings is 1. The number of likely N-dealkylation sites (tertiary alicyclic amines) is 1. The fourth-order valence-corrected chi connectivity index (χ4v) is 7.64. The highest BCUT2D eigenvalue weighted by Gasteiger charge is 2.40. The van der Waals surface area contributed by atoms with E-state index in [1.54, 1.807) is 41.7 Å². The maximum absolute atomic E-state index is 17.0. The highest BCUT2D eigenvalue weighted by Crippen LogP contribution is 2.48. The van der Waals surface area contributed by atoms with E-state index in [4.69, 9.17) is 10.5 Å². The molecule has 4 unspecified atom stereocenters. The zero-order valence-electron chi connectivity index (χ0n) is 26.6. The van der Waals surface area contributed by atoms with Gasteiger partial charge in [0.25, 0.3) is 0 Å². The van der Waals surface area contributed by atoms with Crippen molar-refractivity contribution in [3.63, 3.8) is 0 Å². The van der Waals surface area contributed by atoms with Gasteiger partial charge in [-0.05, 0) is 51.1 Å². The second-order valence-electron chi connectivity index (χ2n) is 12.4. The summed E-state index contributed by atoms with van der Waals surface area (Å²) in [4.78, 5) is 26.2. The molecule has 4 aromatic rings. The van der Waals surface area contributed by atoms with Crippen LogP contribution in [0.15, 0.2) is 30.9 Å². The first-order chi connectivity index (χ1) is 23.1. The Bertz CT molecular complexity index is 2030. The van der Waals surface area contributed by atoms with E-state index in [9.17, 15) is 32.0 Å². The predicted molar refractivity (Wildman–Crippen MR) is 174 cm³/mol. The van der Waals surface area contributed by atoms with Crippen LogP contribution in [0.25, 0.3) is 32.1 Å². The minimum atomic E-state index is -5.13. The third-order valence-electron chi connectivity index (χ3n) is 9.15. The van der Waals surface area contributed by atoms with Gasteiger partial charge in [-0.15, -0.1) is 11.3 Å². The van der Waals surface area contributed by atoms with Crippen LogP contribution in [0.5, 0.6) is 6.01 Å². The molecule has 9 nitrogen and oxygen atoms in total. The van der Waals surface area contributed by atoms with Crippen LogP contribution in [0.1, 0.15) is 31.4 Å². The number of piperazine rings is 1. The normalized spacial score (nSPS) is 21.8. The number of hydrogen-bond donors (Lipinski definition) is 1. The van der Waals surface area contributed by atoms with Gasteiger partial charge in [0.15, 0.2) is 5.82 Å². The monoisotopic (exact) mass is 703 g/mol. The summed E-state index contributed by atoms with van der Waals surface area (Å²) in [5.41, 5.74) is 2.39. The fourth-order valence-electron chi connectivity index (χ4n) is 6.69. The molecule has 0 aliphatic carbocycles. The van der Waals surface area contributed by atoms with Crippen molar-refractivity contribution in [2.45, 2.75) is 50.7 Å². The summed E-state index contributed by atoms with van der Waals surface area (Å²) in [6, 6.07) is 2.76. The molecular formula is C33H31F6N7O2S. The van der Waals surface area contributed by atoms with E-state index in [0.29, 0.717) is 11.3 Å². The van der Waals surface area contributed by atoms with Gasteiger partial charge in [-0.1, -0.05) is 12.6 Å². The van der Waals surface area contributed by atoms with Crippen LogP contribution in [0.3, 0.4) is 0 Å². The van der Waals surface area contributed by atoms with Gasteiger partial charge in [0.2, 0.25) is 5.91 Å². The van der Waals surface area contributed by atoms with Crippen LogP contribution in [-0.2, 0) is 11.0 Å². The Morgan fingerprint density at radius 3 is 2.57 bits per heavy atom. The second-order valence-corrected chi connectivity index (χ2v) is 13.4. The molecule has 2 aromatic carbocycles. The number of carbonyl (C=O) groups is 1. The van der Waals surface area contributed by atoms with E-state index >= 15 is 4.39 Å². The zero-order chi connectivity index (χ0) is 35.5. The number of hydrogen-bond acceptors (Lipinski definition) is 9. The number of amides is 1. The van der Waals surface area contributed by atoms with Crippen LogP contribution < -0.4 is 15.4 Å². The Hall–Kier alpha value is -4.62. The molecule has 0 spiro atoms. The number of carbonyl (C=O) groups excluding carboxylic acids is 1. The molecule has 1 amide bonds. The molecule has 2 aliphatic rings. The van der Waals surface area contributed by atoms with Crippen molar-refractivity contribution in [1.29, 1.82) is 5.26 Å². The Morgan fingerprint density at radius 1 is 1.20 bits per heavy atom. The summed E-state index contributed by atoms with van der Waals surface area (Å²) >= 11 is 0.668. The number of ether oxygens (including phenoxy) is 1. The SMILES string of the molecule is C=CC(=O)N1CC(C)N(c2nc(OCC3CC(F)CN3C)nc3c(F)c(-c4ccc(F)c5sc(N)c(C#N)c45)c(C(F)(F)F)cc23)CC1C. The number of alkyl halides is 4. The Morgan fingerprint density at radius 2 is 1.94 bits per heavy atom. The van der Waals surface area contributed by atoms with E-state index < -0.39 is 58.3 Å². The minimum Gasteiger partial charge on any atom is -0.462 e. The summed E-state index contributed by atoms with van der Waals surface area (Å²) in [5.74, 6) is -2.63. The number of likely N-dealkylation sites (N-methyl/N-ethyl adjacent to an activating group) is 1. The lowest BCUT2D eigenvalue weighted by atomic mass is 9.92. The second kappa shape index (κ2) is 12.7. The lowest BCUT2D eigenvalue weighted by molar-refractivity contribution is -0.137. The van der Waals surface area contributed by atoms with Crippen molar-refractivity contribution in [3.8, 4) is 23.2 Å². The maximum Gasteiger partial charge on any atom is 0.417 e. The number of anilines is 2. The number of nitrogens with two attached hydrogens (primary N) is 1. The summed E-state index contributed by atoms with van der Waals surface area (Å²) in [6.45, 7) is 7.41. The molecule has 6 rings (SSSR count). The summed E-state index contributed by atoms with van der Waals surface area (Å²) < 4.78 is 96.5. The fraction of sp³-hybridized carbons (Fsp3) is 0.394. The molecule has 0 bridgehead atoms. The number of fused-ring (bicyclic) bond motifs is 2. The van der Waals surface area contributed by atoms with Crippen molar-refractivity contribution in [1.82, 2.24) is 19.8 Å². The van der Waals surface area contributed by atoms with E-state index in [1.807, 2.05) is 0 Å². The number of halogens is 6. The smallest absolute Gasteiger partial charge is 0.417 e. The number of nitriles is 1. The highest BCUT2D eigenvalue weighted by molar-refractivity contribution is 7.23. The van der Waals surface area contributed by atoms with Gasteiger partial charge < -0.3 is 20.3 Å². The van der Waals surface area contributed by atoms with Crippen molar-refractivity contribution < 1.29 is 35.9 Å². The molecule has 16 heteroatoms. The minimum absolute atomic E-state index is 0.0640. The summed E-state index contributed by atoms with van der Waals surface area (Å²) in [7, 11) is 1.72. The third-order valence-corrected chi connectivity index (χ3v) is 10.2. The molecule has 49 heavy (non-hydrogen) atoms. The largest absolute Gasteiger partial charge is 0.462 e. The topological polar surface area (TPSA) is 112 Å². The summed E-state index contributed by atoms with van der Waals surface area (Å²) in [5, 5.41) is 9.12. The molecule has 258 valence electrons. The van der Waals surface area contributed by atoms with Crippen molar-refractivity contribution >= 4 is 49.1 Å². The van der Waals surface area contributed by atoms with Gasteiger partial charge in [-0.3, -0.25) is 9.69 Å². The van der Waals surface area contributed by atoms with Crippen LogP contribution in [0.4, 0.5) is 37.2 Å². The lowest BCUT2D eigenvalue weighted by Gasteiger charge is -2.44. The maximum atomic E-state index is 17.0. The van der Waals surface area contributed by atoms with Gasteiger partial charge in [-0.25, -0.2) is 13.2 Å². The number of rotatable bonds is 6. The number of benzene rings is 2. The first-order valence-corrected chi connectivity index (χ1v) is 16.1. The molecule has 0 saturated carbocycles. The molecule has 2 aliphatic heterocycles. The Kier molecular flexibility index (Phi) is 8.86. The number of aromatic nitrogens is 2. The Balaban J connectivity index is 1.60. The van der Waals surface area contributed by atoms with E-state index in [0.717, 1.165) is 18.2 Å². The van der Waals surface area contributed by atoms with Gasteiger partial charge in [0.05, 0.1) is 15.8 Å². The predicted octanol–water partition coefficient (Wildman–Crippen LogP) is 6.29. The molecule has 0 radical (unpaired) electrons. The number of nitrogen functional groups attached to an aromatic ring is 1. The van der Waals surface area contributed by atoms with Crippen molar-refractivity contribution in [2.24, 2.45) is 0 Å². The highest BCUT2D eigenvalue weighted by atomic mass is 32.1. The van der Waals surface area contributed by atoms with Gasteiger partial charge >= 0.3 is 12.2 Å². The first kappa shape index (κ1) is 34.3. The molecule has 2 fully saturated rings. The quantitative estimate of drug-likeness (QED) is 0.184. The van der Waals surface area contributed by atoms with Gasteiger partial charge in [-0.2, -0.15) is 28.4 Å². The Labute approximate surface area is 281 Å². The third kappa shape index (κ3) is 5.99. The lowest BCUT2D eigenvalue weighted by Crippen LogP contribution is -2.58. The van der Waals surface area contributed by atoms with Crippen LogP contribution >= 0.6 is 11.3 Å². The zero-order valence-corrected chi connectivity index (χ0v) is 27.4. The van der Waals surface area contributed by atoms with Crippen molar-refractivity contribution in [3.05, 3.63) is 53.6 Å². The van der Waals surface area contributed by atoms with E-state index in [2.05, 4.69) is 16.5 Å². The molecule has 4 atom stereocenters. The average Bonchev–Trinajstić information content (AvgIpc) is 3.57. The first-order valence-electron chi connectivity index (χ1n) is 15.3. The number of nitrogens with zero attached hydrogens (tertiary/aromatic N) is 6. The average molecular weight is 704 g/mol. The standard InChI is InChI=1S/C33H31F6N7O2S/c1-5-24(47)45-11-16(3)46(12-15(45)2)31-20-9-22(33(37,38)39)26(19-6-7-23(35)29-25(19)21(10-40)30(41)49-29)27(36)28(20)42-32(43-31)48-14-18-8-17(34)13-44(18)4/h5-7,9,15-18H,1,8,11-14,41H2,2-4H3. The molecule has 2 N–H and O–H groups in total. The molecule has 4 heterocycles. The van der Waals surface area contributed by atoms with Crippen LogP contribution in [0, 0.1) is 23.0 Å². The molecule has 2 saturated heterocycles. The molecular weight excluding hydrogens is 672 g/mol. The molecule has 2 aromatic heterocycles. The van der Waals surface area contributed by atoms with Gasteiger partial charge in [0, 0.05) is 54.1 Å². The summed E-state index contributed by atoms with van der Waals surface area (Å²) in [6.07, 6.45) is -4.87. The van der Waals surface area contributed by atoms with E-state index in [1.165, 1.54) is 6.08 Å². The van der Waals surface area contributed by atoms with Crippen LogP contribution in [-0.4, -0.2) is 83.3 Å². The van der Waals surface area contributed by atoms with Gasteiger partial charge in [0.1, 0.15) is 41.0 Å².